The fourth-order valence-corrected chi connectivity index (χ4v) is 5.22. The van der Waals surface area contributed by atoms with Crippen molar-refractivity contribution in [3.05, 3.63) is 93.6 Å². The average molecular weight is 459 g/mol. The molecule has 0 spiro atoms. The molecule has 33 heavy (non-hydrogen) atoms. The third-order valence-electron chi connectivity index (χ3n) is 6.66. The maximum Gasteiger partial charge on any atom is 0.231 e. The number of nitrogens with one attached hydrogen (secondary N) is 2. The van der Waals surface area contributed by atoms with Gasteiger partial charge < -0.3 is 20.1 Å². The van der Waals surface area contributed by atoms with E-state index in [1.807, 2.05) is 30.3 Å². The van der Waals surface area contributed by atoms with Gasteiger partial charge in [-0.05, 0) is 43.0 Å². The van der Waals surface area contributed by atoms with Gasteiger partial charge in [0.15, 0.2) is 17.3 Å². The van der Waals surface area contributed by atoms with Gasteiger partial charge >= 0.3 is 0 Å². The fraction of sp³-hybridized carbons (Fsp3) is 0.222. The van der Waals surface area contributed by atoms with Crippen LogP contribution in [0.2, 0.25) is 5.02 Å². The minimum Gasteiger partial charge on any atom is -0.454 e. The second-order valence-corrected chi connectivity index (χ2v) is 9.21. The number of hydrogen-bond acceptors (Lipinski definition) is 5. The van der Waals surface area contributed by atoms with Gasteiger partial charge in [-0.15, -0.1) is 0 Å². The van der Waals surface area contributed by atoms with Crippen LogP contribution in [0.3, 0.4) is 0 Å². The minimum atomic E-state index is -0.399. The largest absolute Gasteiger partial charge is 0.454 e. The molecule has 166 valence electrons. The lowest BCUT2D eigenvalue weighted by Crippen LogP contribution is -2.27. The Bertz CT molecular complexity index is 1300. The molecule has 0 fully saturated rings. The molecule has 2 atom stereocenters. The Hall–Kier alpha value is -3.44. The summed E-state index contributed by atoms with van der Waals surface area (Å²) in [5.74, 6) is 1.51. The van der Waals surface area contributed by atoms with Crippen LogP contribution in [0.15, 0.2) is 71.9 Å². The van der Waals surface area contributed by atoms with Gasteiger partial charge in [0, 0.05) is 29.3 Å². The molecule has 3 aromatic rings. The summed E-state index contributed by atoms with van der Waals surface area (Å²) in [6.45, 7) is 2.24. The molecule has 0 saturated heterocycles. The van der Waals surface area contributed by atoms with Gasteiger partial charge in [0.1, 0.15) is 0 Å². The molecule has 0 saturated carbocycles. The van der Waals surface area contributed by atoms with Crippen LogP contribution in [-0.4, -0.2) is 12.6 Å². The maximum absolute atomic E-state index is 13.7. The zero-order valence-electron chi connectivity index (χ0n) is 18.2. The van der Waals surface area contributed by atoms with Crippen molar-refractivity contribution in [2.75, 3.05) is 17.4 Å². The fourth-order valence-electron chi connectivity index (χ4n) is 4.95. The number of allylic oxidation sites excluding steroid dienone is 1. The first-order chi connectivity index (χ1) is 16.1. The van der Waals surface area contributed by atoms with Gasteiger partial charge in [0.05, 0.1) is 22.4 Å². The molecule has 1 aliphatic carbocycles. The number of fused-ring (bicyclic) bond motifs is 2. The number of anilines is 2. The van der Waals surface area contributed by atoms with Crippen LogP contribution in [0.25, 0.3) is 0 Å². The van der Waals surface area contributed by atoms with E-state index < -0.39 is 6.04 Å². The first kappa shape index (κ1) is 20.2. The van der Waals surface area contributed by atoms with Crippen molar-refractivity contribution in [3.8, 4) is 11.5 Å². The Morgan fingerprint density at radius 1 is 0.939 bits per heavy atom. The maximum atomic E-state index is 13.7. The summed E-state index contributed by atoms with van der Waals surface area (Å²) < 4.78 is 11.1. The molecule has 0 bridgehead atoms. The van der Waals surface area contributed by atoms with Gasteiger partial charge in [-0.3, -0.25) is 4.79 Å². The number of halogens is 1. The molecule has 0 unspecified atom stereocenters. The number of ether oxygens (including phenoxy) is 2. The van der Waals surface area contributed by atoms with Crippen LogP contribution >= 0.6 is 11.6 Å². The standard InChI is InChI=1S/C27H23ClN2O3/c1-15-6-8-16(9-7-15)17-10-22-26(23(31)11-17)27(30-21-5-3-2-4-20(21)29-22)18-12-24-25(13-19(18)28)33-14-32-24/h2-9,12-13,17,27,29-30H,10-11,14H2,1H3/t17-,27+/m0/s1. The second-order valence-electron chi connectivity index (χ2n) is 8.81. The van der Waals surface area contributed by atoms with Crippen molar-refractivity contribution in [1.29, 1.82) is 0 Å². The molecule has 2 heterocycles. The molecule has 5 nitrogen and oxygen atoms in total. The zero-order chi connectivity index (χ0) is 22.5. The van der Waals surface area contributed by atoms with Crippen LogP contribution in [0, 0.1) is 6.92 Å². The number of para-hydroxylation sites is 2. The molecular formula is C27H23ClN2O3. The van der Waals surface area contributed by atoms with E-state index in [1.165, 1.54) is 11.1 Å². The van der Waals surface area contributed by atoms with E-state index in [9.17, 15) is 4.79 Å². The summed E-state index contributed by atoms with van der Waals surface area (Å²) >= 11 is 6.71. The highest BCUT2D eigenvalue weighted by molar-refractivity contribution is 6.31. The van der Waals surface area contributed by atoms with E-state index in [0.29, 0.717) is 22.9 Å². The smallest absolute Gasteiger partial charge is 0.231 e. The number of carbonyl (C=O) groups excluding carboxylic acids is 1. The summed E-state index contributed by atoms with van der Waals surface area (Å²) in [6, 6.07) is 19.7. The van der Waals surface area contributed by atoms with Crippen molar-refractivity contribution in [2.45, 2.75) is 31.7 Å². The van der Waals surface area contributed by atoms with E-state index in [1.54, 1.807) is 6.07 Å². The van der Waals surface area contributed by atoms with Gasteiger partial charge in [0.25, 0.3) is 0 Å². The molecule has 2 N–H and O–H groups in total. The van der Waals surface area contributed by atoms with E-state index in [4.69, 9.17) is 21.1 Å². The zero-order valence-corrected chi connectivity index (χ0v) is 18.9. The molecule has 3 aliphatic rings. The Morgan fingerprint density at radius 3 is 2.45 bits per heavy atom. The van der Waals surface area contributed by atoms with E-state index in [-0.39, 0.29) is 18.5 Å². The lowest BCUT2D eigenvalue weighted by Gasteiger charge is -2.30. The Kier molecular flexibility index (Phi) is 4.80. The number of aryl methyl sites for hydroxylation is 1. The average Bonchev–Trinajstić information content (AvgIpc) is 3.18. The lowest BCUT2D eigenvalue weighted by molar-refractivity contribution is -0.116. The van der Waals surface area contributed by atoms with E-state index >= 15 is 0 Å². The van der Waals surface area contributed by atoms with Gasteiger partial charge in [-0.2, -0.15) is 0 Å². The van der Waals surface area contributed by atoms with Crippen molar-refractivity contribution in [3.63, 3.8) is 0 Å². The summed E-state index contributed by atoms with van der Waals surface area (Å²) in [4.78, 5) is 13.7. The quantitative estimate of drug-likeness (QED) is 0.468. The Labute approximate surface area is 197 Å². The number of carbonyl (C=O) groups is 1. The number of benzene rings is 3. The van der Waals surface area contributed by atoms with Crippen LogP contribution in [0.1, 0.15) is 41.5 Å². The summed E-state index contributed by atoms with van der Waals surface area (Å²) in [6.07, 6.45) is 1.21. The summed E-state index contributed by atoms with van der Waals surface area (Å²) in [7, 11) is 0. The van der Waals surface area contributed by atoms with Gasteiger partial charge in [-0.25, -0.2) is 0 Å². The molecule has 2 aliphatic heterocycles. The van der Waals surface area contributed by atoms with Crippen LogP contribution < -0.4 is 20.1 Å². The molecular weight excluding hydrogens is 436 g/mol. The molecule has 0 aromatic heterocycles. The minimum absolute atomic E-state index is 0.119. The number of rotatable bonds is 2. The van der Waals surface area contributed by atoms with Crippen molar-refractivity contribution in [1.82, 2.24) is 0 Å². The molecule has 0 radical (unpaired) electrons. The monoisotopic (exact) mass is 458 g/mol. The number of Topliss-reactive ketones (excluding diaryl/α,β-unsaturated/α-hetero) is 1. The van der Waals surface area contributed by atoms with E-state index in [0.717, 1.165) is 34.6 Å². The van der Waals surface area contributed by atoms with Crippen molar-refractivity contribution < 1.29 is 14.3 Å². The van der Waals surface area contributed by atoms with Crippen molar-refractivity contribution in [2.24, 2.45) is 0 Å². The third kappa shape index (κ3) is 3.53. The molecule has 6 heteroatoms. The van der Waals surface area contributed by atoms with Gasteiger partial charge in [0.2, 0.25) is 6.79 Å². The topological polar surface area (TPSA) is 59.6 Å². The Balaban J connectivity index is 1.47. The molecule has 0 amide bonds. The molecule has 3 aromatic carbocycles. The number of hydrogen-bond donors (Lipinski definition) is 2. The SMILES string of the molecule is Cc1ccc([C@@H]2CC(=O)C3=C(C2)Nc2ccccc2N[C@@H]3c2cc3c(cc2Cl)OCO3)cc1. The van der Waals surface area contributed by atoms with Crippen LogP contribution in [-0.2, 0) is 4.79 Å². The highest BCUT2D eigenvalue weighted by Crippen LogP contribution is 2.47. The normalized spacial score (nSPS) is 21.0. The van der Waals surface area contributed by atoms with Crippen LogP contribution in [0.4, 0.5) is 11.4 Å². The molecule has 6 rings (SSSR count). The first-order valence-electron chi connectivity index (χ1n) is 11.1. The highest BCUT2D eigenvalue weighted by atomic mass is 35.5. The highest BCUT2D eigenvalue weighted by Gasteiger charge is 2.37. The van der Waals surface area contributed by atoms with Crippen molar-refractivity contribution >= 4 is 28.8 Å². The van der Waals surface area contributed by atoms with E-state index in [2.05, 4.69) is 41.8 Å². The Morgan fingerprint density at radius 2 is 1.67 bits per heavy atom. The first-order valence-corrected chi connectivity index (χ1v) is 11.5. The summed E-state index contributed by atoms with van der Waals surface area (Å²) in [5, 5.41) is 7.69. The number of ketones is 1. The third-order valence-corrected chi connectivity index (χ3v) is 6.99. The predicted molar refractivity (Wildman–Crippen MR) is 129 cm³/mol. The lowest BCUT2D eigenvalue weighted by atomic mass is 9.78. The van der Waals surface area contributed by atoms with Gasteiger partial charge in [-0.1, -0.05) is 53.6 Å². The van der Waals surface area contributed by atoms with Crippen LogP contribution in [0.5, 0.6) is 11.5 Å². The second kappa shape index (κ2) is 7.85. The predicted octanol–water partition coefficient (Wildman–Crippen LogP) is 6.36. The summed E-state index contributed by atoms with van der Waals surface area (Å²) in [5.41, 5.74) is 6.74.